The summed E-state index contributed by atoms with van der Waals surface area (Å²) >= 11 is 0. The average molecular weight is 289 g/mol. The fourth-order valence-electron chi connectivity index (χ4n) is 1.87. The molecule has 2 rings (SSSR count). The predicted octanol–water partition coefficient (Wildman–Crippen LogP) is 2.72. The summed E-state index contributed by atoms with van der Waals surface area (Å²) < 4.78 is 18.2. The van der Waals surface area contributed by atoms with Crippen molar-refractivity contribution in [2.24, 2.45) is 0 Å². The van der Waals surface area contributed by atoms with E-state index in [0.29, 0.717) is 12.2 Å². The van der Waals surface area contributed by atoms with E-state index in [-0.39, 0.29) is 12.2 Å². The number of aliphatic hydroxyl groups is 1. The van der Waals surface area contributed by atoms with Gasteiger partial charge in [-0.25, -0.2) is 9.18 Å². The van der Waals surface area contributed by atoms with Crippen LogP contribution in [0.3, 0.4) is 0 Å². The fraction of sp³-hybridized carbons (Fsp3) is 0.188. The molecule has 0 aliphatic carbocycles. The number of hydrogen-bond donors (Lipinski definition) is 2. The number of methoxy groups -OCH3 is 1. The number of anilines is 1. The second-order valence-electron chi connectivity index (χ2n) is 4.51. The Morgan fingerprint density at radius 1 is 1.19 bits per heavy atom. The first-order chi connectivity index (χ1) is 10.1. The SMILES string of the molecule is COC(=O)c1ccc(NCc2ccc(CO)cc2)cc1F. The molecule has 0 spiro atoms. The number of halogens is 1. The minimum Gasteiger partial charge on any atom is -0.465 e. The molecular formula is C16H16FNO3. The van der Waals surface area contributed by atoms with E-state index < -0.39 is 11.8 Å². The van der Waals surface area contributed by atoms with Crippen molar-refractivity contribution in [1.82, 2.24) is 0 Å². The van der Waals surface area contributed by atoms with Gasteiger partial charge in [0.1, 0.15) is 5.82 Å². The molecule has 0 saturated carbocycles. The topological polar surface area (TPSA) is 58.6 Å². The Morgan fingerprint density at radius 3 is 2.43 bits per heavy atom. The van der Waals surface area contributed by atoms with Gasteiger partial charge in [-0.05, 0) is 29.3 Å². The number of esters is 1. The Balaban J connectivity index is 2.03. The van der Waals surface area contributed by atoms with Crippen molar-refractivity contribution in [3.8, 4) is 0 Å². The molecular weight excluding hydrogens is 273 g/mol. The Hall–Kier alpha value is -2.40. The molecule has 2 aromatic rings. The number of nitrogens with one attached hydrogen (secondary N) is 1. The van der Waals surface area contributed by atoms with E-state index in [2.05, 4.69) is 10.1 Å². The molecule has 0 unspecified atom stereocenters. The van der Waals surface area contributed by atoms with E-state index in [1.54, 1.807) is 6.07 Å². The van der Waals surface area contributed by atoms with E-state index in [4.69, 9.17) is 5.11 Å². The van der Waals surface area contributed by atoms with E-state index in [9.17, 15) is 9.18 Å². The van der Waals surface area contributed by atoms with Gasteiger partial charge in [0.05, 0.1) is 19.3 Å². The van der Waals surface area contributed by atoms with E-state index >= 15 is 0 Å². The van der Waals surface area contributed by atoms with Gasteiger partial charge in [-0.3, -0.25) is 0 Å². The molecule has 0 saturated heterocycles. The maximum absolute atomic E-state index is 13.7. The summed E-state index contributed by atoms with van der Waals surface area (Å²) in [6.45, 7) is 0.524. The first-order valence-corrected chi connectivity index (χ1v) is 6.44. The summed E-state index contributed by atoms with van der Waals surface area (Å²) in [5.74, 6) is -1.32. The zero-order chi connectivity index (χ0) is 15.2. The van der Waals surface area contributed by atoms with Gasteiger partial charge in [-0.2, -0.15) is 0 Å². The van der Waals surface area contributed by atoms with Crippen LogP contribution in [0.2, 0.25) is 0 Å². The molecule has 0 heterocycles. The van der Waals surface area contributed by atoms with Gasteiger partial charge in [-0.15, -0.1) is 0 Å². The van der Waals surface area contributed by atoms with E-state index in [0.717, 1.165) is 11.1 Å². The van der Waals surface area contributed by atoms with Crippen molar-refractivity contribution in [2.45, 2.75) is 13.2 Å². The third-order valence-corrected chi connectivity index (χ3v) is 3.08. The molecule has 0 fully saturated rings. The number of carbonyl (C=O) groups is 1. The van der Waals surface area contributed by atoms with Crippen molar-refractivity contribution in [1.29, 1.82) is 0 Å². The summed E-state index contributed by atoms with van der Waals surface area (Å²) in [4.78, 5) is 11.3. The van der Waals surface area contributed by atoms with Crippen LogP contribution in [0.25, 0.3) is 0 Å². The van der Waals surface area contributed by atoms with Crippen molar-refractivity contribution < 1.29 is 19.0 Å². The maximum atomic E-state index is 13.7. The minimum atomic E-state index is -0.696. The van der Waals surface area contributed by atoms with E-state index in [1.165, 1.54) is 19.2 Å². The van der Waals surface area contributed by atoms with Crippen LogP contribution in [-0.4, -0.2) is 18.2 Å². The summed E-state index contributed by atoms with van der Waals surface area (Å²) in [5, 5.41) is 12.0. The van der Waals surface area contributed by atoms with Crippen molar-refractivity contribution >= 4 is 11.7 Å². The molecule has 4 nitrogen and oxygen atoms in total. The van der Waals surface area contributed by atoms with Gasteiger partial charge in [-0.1, -0.05) is 24.3 Å². The monoisotopic (exact) mass is 289 g/mol. The van der Waals surface area contributed by atoms with Crippen molar-refractivity contribution in [2.75, 3.05) is 12.4 Å². The fourth-order valence-corrected chi connectivity index (χ4v) is 1.87. The number of carbonyl (C=O) groups excluding carboxylic acids is 1. The lowest BCUT2D eigenvalue weighted by Crippen LogP contribution is -2.06. The number of ether oxygens (including phenoxy) is 1. The molecule has 5 heteroatoms. The van der Waals surface area contributed by atoms with Crippen LogP contribution in [0.5, 0.6) is 0 Å². The van der Waals surface area contributed by atoms with Crippen LogP contribution in [0, 0.1) is 5.82 Å². The lowest BCUT2D eigenvalue weighted by Gasteiger charge is -2.08. The van der Waals surface area contributed by atoms with Crippen LogP contribution < -0.4 is 5.32 Å². The summed E-state index contributed by atoms with van der Waals surface area (Å²) in [5.41, 5.74) is 2.33. The number of benzene rings is 2. The molecule has 0 amide bonds. The van der Waals surface area contributed by atoms with E-state index in [1.807, 2.05) is 24.3 Å². The van der Waals surface area contributed by atoms with Crippen LogP contribution in [0.4, 0.5) is 10.1 Å². The predicted molar refractivity (Wildman–Crippen MR) is 77.4 cm³/mol. The summed E-state index contributed by atoms with van der Waals surface area (Å²) in [7, 11) is 1.21. The third-order valence-electron chi connectivity index (χ3n) is 3.08. The summed E-state index contributed by atoms with van der Waals surface area (Å²) in [6.07, 6.45) is 0. The smallest absolute Gasteiger partial charge is 0.340 e. The Bertz CT molecular complexity index is 626. The molecule has 2 aromatic carbocycles. The highest BCUT2D eigenvalue weighted by Gasteiger charge is 2.12. The van der Waals surface area contributed by atoms with Gasteiger partial charge in [0, 0.05) is 12.2 Å². The summed E-state index contributed by atoms with van der Waals surface area (Å²) in [6, 6.07) is 11.7. The highest BCUT2D eigenvalue weighted by molar-refractivity contribution is 5.90. The zero-order valence-corrected chi connectivity index (χ0v) is 11.6. The lowest BCUT2D eigenvalue weighted by atomic mass is 10.1. The van der Waals surface area contributed by atoms with Gasteiger partial charge < -0.3 is 15.2 Å². The molecule has 2 N–H and O–H groups in total. The number of rotatable bonds is 5. The van der Waals surface area contributed by atoms with Gasteiger partial charge in [0.2, 0.25) is 0 Å². The molecule has 0 aliphatic heterocycles. The van der Waals surface area contributed by atoms with Crippen LogP contribution in [0.1, 0.15) is 21.5 Å². The molecule has 0 bridgehead atoms. The molecule has 0 atom stereocenters. The highest BCUT2D eigenvalue weighted by Crippen LogP contribution is 2.16. The second kappa shape index (κ2) is 6.85. The molecule has 21 heavy (non-hydrogen) atoms. The minimum absolute atomic E-state index is 0.00785. The quantitative estimate of drug-likeness (QED) is 0.831. The zero-order valence-electron chi connectivity index (χ0n) is 11.6. The largest absolute Gasteiger partial charge is 0.465 e. The van der Waals surface area contributed by atoms with Gasteiger partial charge in [0.15, 0.2) is 0 Å². The maximum Gasteiger partial charge on any atom is 0.340 e. The number of aliphatic hydroxyl groups excluding tert-OH is 1. The van der Waals surface area contributed by atoms with Crippen LogP contribution in [0.15, 0.2) is 42.5 Å². The average Bonchev–Trinajstić information content (AvgIpc) is 2.52. The second-order valence-corrected chi connectivity index (χ2v) is 4.51. The highest BCUT2D eigenvalue weighted by atomic mass is 19.1. The number of hydrogen-bond acceptors (Lipinski definition) is 4. The Kier molecular flexibility index (Phi) is 4.90. The van der Waals surface area contributed by atoms with Crippen molar-refractivity contribution in [3.63, 3.8) is 0 Å². The Morgan fingerprint density at radius 2 is 1.86 bits per heavy atom. The van der Waals surface area contributed by atoms with Gasteiger partial charge >= 0.3 is 5.97 Å². The third kappa shape index (κ3) is 3.79. The van der Waals surface area contributed by atoms with Gasteiger partial charge in [0.25, 0.3) is 0 Å². The van der Waals surface area contributed by atoms with Crippen LogP contribution >= 0.6 is 0 Å². The Labute approximate surface area is 122 Å². The van der Waals surface area contributed by atoms with Crippen molar-refractivity contribution in [3.05, 3.63) is 65.0 Å². The molecule has 0 radical (unpaired) electrons. The van der Waals surface area contributed by atoms with Crippen LogP contribution in [-0.2, 0) is 17.9 Å². The standard InChI is InChI=1S/C16H16FNO3/c1-21-16(20)14-7-6-13(8-15(14)17)18-9-11-2-4-12(10-19)5-3-11/h2-8,18-19H,9-10H2,1H3. The lowest BCUT2D eigenvalue weighted by molar-refractivity contribution is 0.0595. The molecule has 110 valence electrons. The first-order valence-electron chi connectivity index (χ1n) is 6.44. The normalized spacial score (nSPS) is 10.2. The molecule has 0 aliphatic rings. The first kappa shape index (κ1) is 15.0. The molecule has 0 aromatic heterocycles.